The minimum atomic E-state index is -0.235. The van der Waals surface area contributed by atoms with Gasteiger partial charge in [0.2, 0.25) is 11.9 Å². The van der Waals surface area contributed by atoms with Gasteiger partial charge in [-0.1, -0.05) is 6.92 Å². The molecule has 12 nitrogen and oxygen atoms in total. The van der Waals surface area contributed by atoms with E-state index in [1.165, 1.54) is 6.33 Å². The van der Waals surface area contributed by atoms with Gasteiger partial charge >= 0.3 is 0 Å². The van der Waals surface area contributed by atoms with E-state index in [2.05, 4.69) is 40.7 Å². The number of amides is 1. The first-order valence-electron chi connectivity index (χ1n) is 9.87. The summed E-state index contributed by atoms with van der Waals surface area (Å²) in [7, 11) is 0. The van der Waals surface area contributed by atoms with Gasteiger partial charge in [0.25, 0.3) is 0 Å². The molecule has 0 atom stereocenters. The van der Waals surface area contributed by atoms with Gasteiger partial charge in [-0.05, 0) is 20.3 Å². The predicted molar refractivity (Wildman–Crippen MR) is 116 cm³/mol. The van der Waals surface area contributed by atoms with Gasteiger partial charge in [0, 0.05) is 12.6 Å². The lowest BCUT2D eigenvalue weighted by atomic mass is 10.3. The highest BCUT2D eigenvalue weighted by molar-refractivity contribution is 5.92. The lowest BCUT2D eigenvalue weighted by molar-refractivity contribution is -0.116. The van der Waals surface area contributed by atoms with Crippen LogP contribution in [0, 0.1) is 6.92 Å². The monoisotopic (exact) mass is 421 g/mol. The van der Waals surface area contributed by atoms with Crippen molar-refractivity contribution in [2.45, 2.75) is 40.3 Å². The Bertz CT molecular complexity index is 1230. The number of anilines is 4. The van der Waals surface area contributed by atoms with Gasteiger partial charge < -0.3 is 20.9 Å². The molecule has 4 heterocycles. The maximum atomic E-state index is 12.6. The molecule has 0 bridgehead atoms. The van der Waals surface area contributed by atoms with Crippen LogP contribution >= 0.6 is 0 Å². The standard InChI is InChI=1S/C19H23N11O/c1-4-12-7-22-13(8-21-12)24-17-16-18(27-19(20)26-17)29(10-23-16)9-15(31)25-14-6-11(3)28-30(14)5-2/h6-8,10H,4-5,9H2,1-3H3,(H,25,31)(H3,20,22,24,26,27). The van der Waals surface area contributed by atoms with Crippen molar-refractivity contribution in [1.29, 1.82) is 0 Å². The van der Waals surface area contributed by atoms with E-state index >= 15 is 0 Å². The van der Waals surface area contributed by atoms with Crippen molar-refractivity contribution in [3.05, 3.63) is 36.2 Å². The molecule has 0 aliphatic carbocycles. The third kappa shape index (κ3) is 4.27. The molecular formula is C19H23N11O. The molecule has 0 saturated heterocycles. The fourth-order valence-electron chi connectivity index (χ4n) is 3.11. The van der Waals surface area contributed by atoms with E-state index in [4.69, 9.17) is 5.73 Å². The van der Waals surface area contributed by atoms with E-state index in [9.17, 15) is 4.79 Å². The SMILES string of the molecule is CCc1cnc(Nc2nc(N)nc3c2ncn3CC(=O)Nc2cc(C)nn2CC)cn1. The summed E-state index contributed by atoms with van der Waals surface area (Å²) in [6.07, 6.45) is 5.63. The van der Waals surface area contributed by atoms with Crippen LogP contribution in [0.15, 0.2) is 24.8 Å². The number of carbonyl (C=O) groups excluding carboxylic acids is 1. The van der Waals surface area contributed by atoms with Gasteiger partial charge in [-0.2, -0.15) is 15.1 Å². The Hall–Kier alpha value is -4.09. The van der Waals surface area contributed by atoms with Crippen molar-refractivity contribution in [3.8, 4) is 0 Å². The number of nitrogen functional groups attached to an aromatic ring is 1. The molecule has 0 saturated carbocycles. The maximum absolute atomic E-state index is 12.6. The highest BCUT2D eigenvalue weighted by Gasteiger charge is 2.16. The number of nitrogens with one attached hydrogen (secondary N) is 2. The van der Waals surface area contributed by atoms with Crippen molar-refractivity contribution in [2.75, 3.05) is 16.4 Å². The van der Waals surface area contributed by atoms with E-state index in [0.29, 0.717) is 35.2 Å². The first kappa shape index (κ1) is 20.2. The second kappa shape index (κ2) is 8.34. The fourth-order valence-corrected chi connectivity index (χ4v) is 3.11. The van der Waals surface area contributed by atoms with Crippen LogP contribution in [0.25, 0.3) is 11.2 Å². The largest absolute Gasteiger partial charge is 0.368 e. The van der Waals surface area contributed by atoms with E-state index in [0.717, 1.165) is 17.8 Å². The third-order valence-electron chi connectivity index (χ3n) is 4.58. The highest BCUT2D eigenvalue weighted by atomic mass is 16.2. The maximum Gasteiger partial charge on any atom is 0.245 e. The Labute approximate surface area is 178 Å². The molecule has 0 spiro atoms. The minimum Gasteiger partial charge on any atom is -0.368 e. The molecule has 0 fully saturated rings. The highest BCUT2D eigenvalue weighted by Crippen LogP contribution is 2.22. The molecular weight excluding hydrogens is 398 g/mol. The first-order valence-corrected chi connectivity index (χ1v) is 9.87. The van der Waals surface area contributed by atoms with Crippen molar-refractivity contribution in [3.63, 3.8) is 0 Å². The fraction of sp³-hybridized carbons (Fsp3) is 0.316. The summed E-state index contributed by atoms with van der Waals surface area (Å²) in [4.78, 5) is 34.1. The zero-order valence-corrected chi connectivity index (χ0v) is 17.5. The van der Waals surface area contributed by atoms with Crippen molar-refractivity contribution >= 4 is 40.5 Å². The molecule has 0 aliphatic rings. The smallest absolute Gasteiger partial charge is 0.245 e. The first-order chi connectivity index (χ1) is 15.0. The molecule has 4 rings (SSSR count). The van der Waals surface area contributed by atoms with Gasteiger partial charge in [0.15, 0.2) is 17.0 Å². The number of aryl methyl sites for hydroxylation is 3. The Morgan fingerprint density at radius 1 is 1.16 bits per heavy atom. The molecule has 4 aromatic rings. The molecule has 1 amide bonds. The average Bonchev–Trinajstić information content (AvgIpc) is 3.31. The Balaban J connectivity index is 1.57. The second-order valence-corrected chi connectivity index (χ2v) is 6.88. The number of nitrogens with zero attached hydrogens (tertiary/aromatic N) is 8. The molecule has 160 valence electrons. The van der Waals surface area contributed by atoms with E-state index in [-0.39, 0.29) is 18.4 Å². The minimum absolute atomic E-state index is 0.00530. The van der Waals surface area contributed by atoms with Crippen LogP contribution in [-0.4, -0.2) is 45.2 Å². The molecule has 0 unspecified atom stereocenters. The molecule has 31 heavy (non-hydrogen) atoms. The lowest BCUT2D eigenvalue weighted by Crippen LogP contribution is -2.20. The number of carbonyl (C=O) groups is 1. The Kier molecular flexibility index (Phi) is 5.43. The lowest BCUT2D eigenvalue weighted by Gasteiger charge is -2.09. The van der Waals surface area contributed by atoms with Gasteiger partial charge in [-0.3, -0.25) is 9.78 Å². The molecule has 0 aliphatic heterocycles. The summed E-state index contributed by atoms with van der Waals surface area (Å²) >= 11 is 0. The summed E-state index contributed by atoms with van der Waals surface area (Å²) in [6.45, 7) is 6.49. The molecule has 12 heteroatoms. The quantitative estimate of drug-likeness (QED) is 0.404. The number of rotatable bonds is 7. The van der Waals surface area contributed by atoms with Crippen molar-refractivity contribution in [2.24, 2.45) is 0 Å². The van der Waals surface area contributed by atoms with Gasteiger partial charge in [0.05, 0.1) is 30.1 Å². The van der Waals surface area contributed by atoms with E-state index in [1.54, 1.807) is 21.6 Å². The average molecular weight is 421 g/mol. The van der Waals surface area contributed by atoms with Crippen LogP contribution in [0.5, 0.6) is 0 Å². The van der Waals surface area contributed by atoms with E-state index in [1.807, 2.05) is 26.8 Å². The second-order valence-electron chi connectivity index (χ2n) is 6.88. The van der Waals surface area contributed by atoms with Gasteiger partial charge in [-0.15, -0.1) is 0 Å². The number of nitrogens with two attached hydrogens (primary N) is 1. The van der Waals surface area contributed by atoms with Crippen LogP contribution in [0.4, 0.5) is 23.4 Å². The molecule has 4 N–H and O–H groups in total. The molecule has 0 aromatic carbocycles. The summed E-state index contributed by atoms with van der Waals surface area (Å²) in [5.41, 5.74) is 8.51. The van der Waals surface area contributed by atoms with Crippen LogP contribution in [0.3, 0.4) is 0 Å². The van der Waals surface area contributed by atoms with Crippen LogP contribution in [0.2, 0.25) is 0 Å². The summed E-state index contributed by atoms with van der Waals surface area (Å²) < 4.78 is 3.34. The number of imidazole rings is 1. The summed E-state index contributed by atoms with van der Waals surface area (Å²) in [6, 6.07) is 1.82. The topological polar surface area (TPSA) is 154 Å². The predicted octanol–water partition coefficient (Wildman–Crippen LogP) is 1.67. The summed E-state index contributed by atoms with van der Waals surface area (Å²) in [5.74, 6) is 1.35. The molecule has 4 aromatic heterocycles. The van der Waals surface area contributed by atoms with Crippen LogP contribution in [0.1, 0.15) is 25.2 Å². The van der Waals surface area contributed by atoms with E-state index < -0.39 is 0 Å². The number of hydrogen-bond acceptors (Lipinski definition) is 9. The zero-order valence-electron chi connectivity index (χ0n) is 17.5. The number of aromatic nitrogens is 8. The van der Waals surface area contributed by atoms with Crippen molar-refractivity contribution < 1.29 is 4.79 Å². The number of fused-ring (bicyclic) bond motifs is 1. The van der Waals surface area contributed by atoms with Gasteiger partial charge in [-0.25, -0.2) is 14.6 Å². The third-order valence-corrected chi connectivity index (χ3v) is 4.58. The Morgan fingerprint density at radius 3 is 2.71 bits per heavy atom. The molecule has 0 radical (unpaired) electrons. The van der Waals surface area contributed by atoms with Gasteiger partial charge in [0.1, 0.15) is 18.2 Å². The Morgan fingerprint density at radius 2 is 2.00 bits per heavy atom. The normalized spacial score (nSPS) is 11.1. The van der Waals surface area contributed by atoms with Crippen molar-refractivity contribution in [1.82, 2.24) is 39.3 Å². The van der Waals surface area contributed by atoms with Crippen LogP contribution < -0.4 is 16.4 Å². The summed E-state index contributed by atoms with van der Waals surface area (Å²) in [5, 5.41) is 10.3. The zero-order chi connectivity index (χ0) is 22.0. The number of hydrogen-bond donors (Lipinski definition) is 3. The van der Waals surface area contributed by atoms with Crippen LogP contribution in [-0.2, 0) is 24.3 Å².